The summed E-state index contributed by atoms with van der Waals surface area (Å²) in [5.74, 6) is 4.69. The van der Waals surface area contributed by atoms with E-state index < -0.39 is 17.7 Å². The Kier molecular flexibility index (Phi) is 9.05. The lowest BCUT2D eigenvalue weighted by Crippen LogP contribution is -2.41. The van der Waals surface area contributed by atoms with E-state index in [4.69, 9.17) is 16.3 Å². The summed E-state index contributed by atoms with van der Waals surface area (Å²) in [7, 11) is 0. The van der Waals surface area contributed by atoms with Gasteiger partial charge in [0, 0.05) is 23.9 Å². The van der Waals surface area contributed by atoms with Gasteiger partial charge < -0.3 is 15.8 Å². The minimum absolute atomic E-state index is 0.00203. The van der Waals surface area contributed by atoms with Crippen molar-refractivity contribution in [1.29, 1.82) is 0 Å². The summed E-state index contributed by atoms with van der Waals surface area (Å²) in [6.45, 7) is 14.3. The van der Waals surface area contributed by atoms with Crippen LogP contribution in [-0.4, -0.2) is 22.7 Å². The van der Waals surface area contributed by atoms with Crippen LogP contribution >= 0.6 is 0 Å². The Labute approximate surface area is 236 Å². The summed E-state index contributed by atoms with van der Waals surface area (Å²) in [4.78, 5) is 37.4. The van der Waals surface area contributed by atoms with E-state index in [1.165, 1.54) is 24.6 Å². The minimum Gasteiger partial charge on any atom is -0.456 e. The highest BCUT2D eigenvalue weighted by molar-refractivity contribution is 6.08. The number of nitrogens with zero attached hydrogens (tertiary/aromatic N) is 1. The van der Waals surface area contributed by atoms with Gasteiger partial charge in [0.15, 0.2) is 0 Å². The number of benzene rings is 3. The van der Waals surface area contributed by atoms with Crippen molar-refractivity contribution >= 4 is 29.1 Å². The molecule has 0 bridgehead atoms. The van der Waals surface area contributed by atoms with Gasteiger partial charge in [-0.1, -0.05) is 59.7 Å². The van der Waals surface area contributed by atoms with E-state index in [-0.39, 0.29) is 22.0 Å². The number of imide groups is 1. The van der Waals surface area contributed by atoms with Gasteiger partial charge in [0.1, 0.15) is 11.5 Å². The molecule has 40 heavy (non-hydrogen) atoms. The third-order valence-electron chi connectivity index (χ3n) is 7.57. The van der Waals surface area contributed by atoms with Crippen molar-refractivity contribution in [3.63, 3.8) is 0 Å². The number of anilines is 2. The van der Waals surface area contributed by atoms with Crippen molar-refractivity contribution in [2.45, 2.75) is 72.1 Å². The molecule has 3 rings (SSSR count). The van der Waals surface area contributed by atoms with Crippen molar-refractivity contribution in [2.75, 3.05) is 11.1 Å². The quantitative estimate of drug-likeness (QED) is 0.125. The number of hydrogen-bond donors (Lipinski definition) is 3. The van der Waals surface area contributed by atoms with Crippen molar-refractivity contribution in [3.8, 4) is 11.5 Å². The van der Waals surface area contributed by atoms with Crippen molar-refractivity contribution in [2.24, 2.45) is 5.84 Å². The number of nitrogens with two attached hydrogens (primary N) is 2. The molecule has 0 aliphatic carbocycles. The molecular weight excluding hydrogens is 504 g/mol. The van der Waals surface area contributed by atoms with Crippen LogP contribution in [0.4, 0.5) is 11.4 Å². The molecule has 1 radical (unpaired) electrons. The normalized spacial score (nSPS) is 11.6. The second-order valence-corrected chi connectivity index (χ2v) is 11.2. The second-order valence-electron chi connectivity index (χ2n) is 11.2. The Balaban J connectivity index is 1.98. The van der Waals surface area contributed by atoms with Gasteiger partial charge in [0.05, 0.1) is 11.1 Å². The SMILES string of the molecule is CCC(C)(C)c1ccc(Oc2ccc(N)cc2C(=O)Nc2cc[c]c(C(=O)N(N)C(C)=O)c2)c(C(C)(C)CC)c1. The average molecular weight is 544 g/mol. The summed E-state index contributed by atoms with van der Waals surface area (Å²) in [5, 5.41) is 3.27. The van der Waals surface area contributed by atoms with Crippen LogP contribution in [-0.2, 0) is 15.6 Å². The molecule has 0 aromatic heterocycles. The lowest BCUT2D eigenvalue weighted by atomic mass is 9.76. The van der Waals surface area contributed by atoms with Gasteiger partial charge in [-0.3, -0.25) is 14.4 Å². The third kappa shape index (κ3) is 6.69. The zero-order chi connectivity index (χ0) is 29.8. The monoisotopic (exact) mass is 543 g/mol. The van der Waals surface area contributed by atoms with E-state index in [0.29, 0.717) is 27.9 Å². The summed E-state index contributed by atoms with van der Waals surface area (Å²) in [5.41, 5.74) is 9.11. The first-order valence-electron chi connectivity index (χ1n) is 13.4. The summed E-state index contributed by atoms with van der Waals surface area (Å²) >= 11 is 0. The molecule has 8 heteroatoms. The van der Waals surface area contributed by atoms with Crippen molar-refractivity contribution in [1.82, 2.24) is 5.01 Å². The first kappa shape index (κ1) is 30.4. The molecule has 3 aromatic carbocycles. The fourth-order valence-electron chi connectivity index (χ4n) is 4.03. The molecule has 0 saturated heterocycles. The van der Waals surface area contributed by atoms with E-state index in [1.807, 2.05) is 6.07 Å². The zero-order valence-electron chi connectivity index (χ0n) is 24.3. The molecule has 211 valence electrons. The number of hydrogen-bond acceptors (Lipinski definition) is 6. The van der Waals surface area contributed by atoms with Crippen molar-refractivity contribution < 1.29 is 19.1 Å². The molecular formula is C32H39N4O4. The van der Waals surface area contributed by atoms with Gasteiger partial charge in [-0.25, -0.2) is 10.9 Å². The Morgan fingerprint density at radius 1 is 0.925 bits per heavy atom. The molecule has 0 aliphatic heterocycles. The smallest absolute Gasteiger partial charge is 0.275 e. The molecule has 0 atom stereocenters. The molecule has 3 amide bonds. The number of carbonyl (C=O) groups is 3. The van der Waals surface area contributed by atoms with E-state index in [1.54, 1.807) is 24.3 Å². The van der Waals surface area contributed by atoms with E-state index in [2.05, 4.69) is 65.1 Å². The van der Waals surface area contributed by atoms with Gasteiger partial charge in [0.25, 0.3) is 11.8 Å². The maximum atomic E-state index is 13.4. The molecule has 0 fully saturated rings. The minimum atomic E-state index is -0.739. The van der Waals surface area contributed by atoms with Gasteiger partial charge in [-0.15, -0.1) is 0 Å². The highest BCUT2D eigenvalue weighted by Crippen LogP contribution is 2.41. The van der Waals surface area contributed by atoms with Crippen LogP contribution in [0.1, 0.15) is 93.2 Å². The average Bonchev–Trinajstić information content (AvgIpc) is 2.93. The van der Waals surface area contributed by atoms with E-state index in [9.17, 15) is 14.4 Å². The largest absolute Gasteiger partial charge is 0.456 e. The number of hydrazine groups is 1. The summed E-state index contributed by atoms with van der Waals surface area (Å²) in [6, 6.07) is 18.3. The van der Waals surface area contributed by atoms with Crippen LogP contribution in [0.3, 0.4) is 0 Å². The molecule has 8 nitrogen and oxygen atoms in total. The predicted molar refractivity (Wildman–Crippen MR) is 158 cm³/mol. The van der Waals surface area contributed by atoms with Crippen LogP contribution in [0, 0.1) is 6.07 Å². The highest BCUT2D eigenvalue weighted by atomic mass is 16.5. The van der Waals surface area contributed by atoms with Gasteiger partial charge in [-0.2, -0.15) is 0 Å². The van der Waals surface area contributed by atoms with Gasteiger partial charge in [-0.05, 0) is 71.7 Å². The molecule has 0 aliphatic rings. The predicted octanol–water partition coefficient (Wildman–Crippen LogP) is 6.35. The number of nitrogens with one attached hydrogen (secondary N) is 1. The fraction of sp³-hybridized carbons (Fsp3) is 0.344. The first-order chi connectivity index (χ1) is 18.7. The number of ether oxygens (including phenoxy) is 1. The third-order valence-corrected chi connectivity index (χ3v) is 7.57. The Morgan fingerprint density at radius 3 is 2.20 bits per heavy atom. The Hall–Kier alpha value is -4.17. The molecule has 0 spiro atoms. The van der Waals surface area contributed by atoms with Crippen LogP contribution in [0.15, 0.2) is 54.6 Å². The van der Waals surface area contributed by atoms with Crippen molar-refractivity contribution in [3.05, 3.63) is 82.9 Å². The molecule has 0 saturated carbocycles. The molecule has 0 heterocycles. The number of rotatable bonds is 9. The van der Waals surface area contributed by atoms with Crippen LogP contribution < -0.4 is 21.6 Å². The molecule has 3 aromatic rings. The van der Waals surface area contributed by atoms with Gasteiger partial charge >= 0.3 is 0 Å². The van der Waals surface area contributed by atoms with Gasteiger partial charge in [0.2, 0.25) is 5.91 Å². The van der Waals surface area contributed by atoms with Crippen LogP contribution in [0.25, 0.3) is 0 Å². The Morgan fingerprint density at radius 2 is 1.57 bits per heavy atom. The second kappa shape index (κ2) is 11.9. The van der Waals surface area contributed by atoms with Crippen LogP contribution in [0.5, 0.6) is 11.5 Å². The first-order valence-corrected chi connectivity index (χ1v) is 13.4. The van der Waals surface area contributed by atoms with E-state index in [0.717, 1.165) is 18.4 Å². The zero-order valence-corrected chi connectivity index (χ0v) is 24.3. The van der Waals surface area contributed by atoms with Crippen LogP contribution in [0.2, 0.25) is 0 Å². The lowest BCUT2D eigenvalue weighted by molar-refractivity contribution is -0.126. The maximum absolute atomic E-state index is 13.4. The maximum Gasteiger partial charge on any atom is 0.275 e. The topological polar surface area (TPSA) is 128 Å². The number of amides is 3. The molecule has 5 N–H and O–H groups in total. The fourth-order valence-corrected chi connectivity index (χ4v) is 4.03. The molecule has 0 unspecified atom stereocenters. The summed E-state index contributed by atoms with van der Waals surface area (Å²) < 4.78 is 6.43. The number of nitrogen functional groups attached to an aromatic ring is 1. The highest BCUT2D eigenvalue weighted by Gasteiger charge is 2.28. The Bertz CT molecular complexity index is 1430. The summed E-state index contributed by atoms with van der Waals surface area (Å²) in [6.07, 6.45) is 1.88. The lowest BCUT2D eigenvalue weighted by Gasteiger charge is -2.30. The number of carbonyl (C=O) groups excluding carboxylic acids is 3. The van der Waals surface area contributed by atoms with E-state index >= 15 is 0 Å². The standard InChI is InChI=1S/C32H39N4O4/c1-8-31(4,5)22-13-15-28(26(18-22)32(6,7)9-2)40-27-16-14-23(33)19-25(27)29(38)35-24-12-10-11-21(17-24)30(39)36(34)20(3)37/h10,12-19H,8-9,33-34H2,1-7H3,(H,35,38).